The van der Waals surface area contributed by atoms with Crippen molar-refractivity contribution in [3.05, 3.63) is 41.1 Å². The molecule has 4 rings (SSSR count). The van der Waals surface area contributed by atoms with Gasteiger partial charge in [0.25, 0.3) is 0 Å². The van der Waals surface area contributed by atoms with Crippen molar-refractivity contribution in [3.8, 4) is 0 Å². The summed E-state index contributed by atoms with van der Waals surface area (Å²) in [5, 5.41) is 0.930. The maximum atomic E-state index is 12.5. The maximum Gasteiger partial charge on any atom is 0.340 e. The molecule has 1 aliphatic heterocycles. The summed E-state index contributed by atoms with van der Waals surface area (Å²) in [6, 6.07) is 8.26. The van der Waals surface area contributed by atoms with Crippen LogP contribution in [0.5, 0.6) is 0 Å². The van der Waals surface area contributed by atoms with Gasteiger partial charge in [-0.15, -0.1) is 0 Å². The predicted molar refractivity (Wildman–Crippen MR) is 94.3 cm³/mol. The number of hydrogen-bond acceptors (Lipinski definition) is 4. The van der Waals surface area contributed by atoms with Gasteiger partial charge in [0.15, 0.2) is 0 Å². The predicted octanol–water partition coefficient (Wildman–Crippen LogP) is 3.02. The molecule has 1 amide bonds. The highest BCUT2D eigenvalue weighted by atomic mass is 16.5. The number of benzene rings is 1. The first-order valence-electron chi connectivity index (χ1n) is 8.86. The fraction of sp³-hybridized carbons (Fsp3) is 0.450. The number of carbonyl (C=O) groups is 2. The Hall–Kier alpha value is -2.43. The number of esters is 1. The van der Waals surface area contributed by atoms with Gasteiger partial charge in [-0.1, -0.05) is 12.1 Å². The van der Waals surface area contributed by atoms with Crippen LogP contribution in [-0.2, 0) is 9.53 Å². The fourth-order valence-electron chi connectivity index (χ4n) is 3.51. The topological polar surface area (TPSA) is 59.5 Å². The molecule has 2 heterocycles. The molecule has 0 N–H and O–H groups in total. The van der Waals surface area contributed by atoms with Crippen molar-refractivity contribution in [1.82, 2.24) is 9.88 Å². The van der Waals surface area contributed by atoms with Gasteiger partial charge in [-0.2, -0.15) is 0 Å². The van der Waals surface area contributed by atoms with Crippen molar-refractivity contribution in [2.45, 2.75) is 39.2 Å². The van der Waals surface area contributed by atoms with E-state index < -0.39 is 0 Å². The number of carbonyl (C=O) groups excluding carboxylic acids is 2. The van der Waals surface area contributed by atoms with E-state index in [-0.39, 0.29) is 17.8 Å². The number of nitrogens with zero attached hydrogens (tertiary/aromatic N) is 2. The van der Waals surface area contributed by atoms with Gasteiger partial charge in [-0.25, -0.2) is 4.79 Å². The Kier molecular flexibility index (Phi) is 3.94. The first-order chi connectivity index (χ1) is 12.0. The lowest BCUT2D eigenvalue weighted by Gasteiger charge is -2.15. The van der Waals surface area contributed by atoms with Crippen molar-refractivity contribution in [1.29, 1.82) is 0 Å². The summed E-state index contributed by atoms with van der Waals surface area (Å²) >= 11 is 0. The first-order valence-corrected chi connectivity index (χ1v) is 8.86. The number of fused-ring (bicyclic) bond motifs is 1. The van der Waals surface area contributed by atoms with E-state index in [1.807, 2.05) is 43.0 Å². The van der Waals surface area contributed by atoms with E-state index in [2.05, 4.69) is 4.98 Å². The van der Waals surface area contributed by atoms with Gasteiger partial charge in [0.2, 0.25) is 5.91 Å². The maximum absolute atomic E-state index is 12.5. The zero-order valence-electron chi connectivity index (χ0n) is 14.6. The van der Waals surface area contributed by atoms with E-state index in [1.54, 1.807) is 0 Å². The van der Waals surface area contributed by atoms with Crippen molar-refractivity contribution >= 4 is 22.8 Å². The van der Waals surface area contributed by atoms with Crippen LogP contribution in [-0.4, -0.2) is 41.0 Å². The van der Waals surface area contributed by atoms with Crippen molar-refractivity contribution in [2.24, 2.45) is 5.92 Å². The normalized spacial score (nSPS) is 20.3. The largest absolute Gasteiger partial charge is 0.462 e. The lowest BCUT2D eigenvalue weighted by Crippen LogP contribution is -2.28. The monoisotopic (exact) mass is 338 g/mol. The third kappa shape index (κ3) is 3.23. The molecule has 0 radical (unpaired) electrons. The Balaban J connectivity index is 1.44. The molecule has 1 atom stereocenters. The van der Waals surface area contributed by atoms with Crippen molar-refractivity contribution in [3.63, 3.8) is 0 Å². The van der Waals surface area contributed by atoms with Gasteiger partial charge in [0.1, 0.15) is 0 Å². The summed E-state index contributed by atoms with van der Waals surface area (Å²) in [5.41, 5.74) is 3.20. The van der Waals surface area contributed by atoms with Crippen LogP contribution in [0.25, 0.3) is 10.9 Å². The summed E-state index contributed by atoms with van der Waals surface area (Å²) < 4.78 is 5.50. The molecule has 1 saturated carbocycles. The van der Waals surface area contributed by atoms with Crippen LogP contribution >= 0.6 is 0 Å². The van der Waals surface area contributed by atoms with Crippen molar-refractivity contribution in [2.75, 3.05) is 13.2 Å². The summed E-state index contributed by atoms with van der Waals surface area (Å²) in [6.07, 6.45) is 2.71. The van der Waals surface area contributed by atoms with Crippen LogP contribution < -0.4 is 0 Å². The van der Waals surface area contributed by atoms with Crippen LogP contribution in [0.4, 0.5) is 0 Å². The van der Waals surface area contributed by atoms with Crippen LogP contribution in [0, 0.1) is 19.8 Å². The lowest BCUT2D eigenvalue weighted by atomic mass is 10.1. The number of aryl methyl sites for hydroxylation is 2. The summed E-state index contributed by atoms with van der Waals surface area (Å²) in [5.74, 6) is -0.0549. The van der Waals surface area contributed by atoms with Crippen molar-refractivity contribution < 1.29 is 14.3 Å². The molecule has 1 aromatic carbocycles. The Morgan fingerprint density at radius 1 is 1.28 bits per heavy atom. The average molecular weight is 338 g/mol. The molecule has 1 aliphatic carbocycles. The number of ether oxygens (including phenoxy) is 1. The highest BCUT2D eigenvalue weighted by Gasteiger charge is 2.39. The van der Waals surface area contributed by atoms with Gasteiger partial charge in [-0.05, 0) is 44.4 Å². The zero-order valence-corrected chi connectivity index (χ0v) is 14.6. The molecule has 5 heteroatoms. The molecule has 2 aromatic rings. The van der Waals surface area contributed by atoms with Crippen LogP contribution in [0.1, 0.15) is 40.9 Å². The minimum absolute atomic E-state index is 0.105. The molecule has 1 unspecified atom stereocenters. The number of aromatic nitrogens is 1. The van der Waals surface area contributed by atoms with Crippen LogP contribution in [0.15, 0.2) is 24.3 Å². The minimum atomic E-state index is -0.357. The Bertz CT molecular complexity index is 857. The average Bonchev–Trinajstić information content (AvgIpc) is 3.35. The second-order valence-corrected chi connectivity index (χ2v) is 7.26. The number of pyridine rings is 1. The molecule has 5 nitrogen and oxygen atoms in total. The smallest absolute Gasteiger partial charge is 0.340 e. The highest BCUT2D eigenvalue weighted by Crippen LogP contribution is 2.32. The minimum Gasteiger partial charge on any atom is -0.462 e. The van der Waals surface area contributed by atoms with E-state index in [4.69, 9.17) is 4.74 Å². The van der Waals surface area contributed by atoms with E-state index in [1.165, 1.54) is 0 Å². The van der Waals surface area contributed by atoms with E-state index in [9.17, 15) is 9.59 Å². The van der Waals surface area contributed by atoms with Crippen LogP contribution in [0.2, 0.25) is 0 Å². The Morgan fingerprint density at radius 3 is 2.84 bits per heavy atom. The number of amides is 1. The fourth-order valence-corrected chi connectivity index (χ4v) is 3.51. The first kappa shape index (κ1) is 16.1. The van der Waals surface area contributed by atoms with Gasteiger partial charge in [-0.3, -0.25) is 9.78 Å². The van der Waals surface area contributed by atoms with Gasteiger partial charge < -0.3 is 9.64 Å². The third-order valence-corrected chi connectivity index (χ3v) is 5.06. The Morgan fingerprint density at radius 2 is 2.08 bits per heavy atom. The standard InChI is InChI=1S/C20H22N2O3/c1-12-3-4-15-9-17(13(2)21-18(15)7-12)20(24)25-11-14-8-19(23)22(10-14)16-5-6-16/h3-4,7,9,14,16H,5-6,8,10-11H2,1-2H3. The van der Waals surface area contributed by atoms with E-state index in [0.29, 0.717) is 36.9 Å². The summed E-state index contributed by atoms with van der Waals surface area (Å²) in [6.45, 7) is 4.85. The third-order valence-electron chi connectivity index (χ3n) is 5.06. The number of likely N-dealkylation sites (tertiary alicyclic amines) is 1. The molecule has 1 saturated heterocycles. The molecule has 0 bridgehead atoms. The second kappa shape index (κ2) is 6.14. The quantitative estimate of drug-likeness (QED) is 0.804. The SMILES string of the molecule is Cc1ccc2cc(C(=O)OCC3CC(=O)N(C4CC4)C3)c(C)nc2c1. The molecule has 1 aromatic heterocycles. The number of rotatable bonds is 4. The zero-order chi connectivity index (χ0) is 17.6. The van der Waals surface area contributed by atoms with Gasteiger partial charge >= 0.3 is 5.97 Å². The van der Waals surface area contributed by atoms with Gasteiger partial charge in [0.05, 0.1) is 23.4 Å². The van der Waals surface area contributed by atoms with Crippen LogP contribution in [0.3, 0.4) is 0 Å². The molecular formula is C20H22N2O3. The summed E-state index contributed by atoms with van der Waals surface area (Å²) in [4.78, 5) is 30.9. The molecule has 2 fully saturated rings. The highest BCUT2D eigenvalue weighted by molar-refractivity contribution is 5.95. The number of hydrogen-bond donors (Lipinski definition) is 0. The molecule has 130 valence electrons. The second-order valence-electron chi connectivity index (χ2n) is 7.26. The molecular weight excluding hydrogens is 316 g/mol. The molecule has 2 aliphatic rings. The van der Waals surface area contributed by atoms with Gasteiger partial charge in [0, 0.05) is 30.3 Å². The summed E-state index contributed by atoms with van der Waals surface area (Å²) in [7, 11) is 0. The van der Waals surface area contributed by atoms with E-state index in [0.717, 1.165) is 29.3 Å². The molecule has 25 heavy (non-hydrogen) atoms. The Labute approximate surface area is 147 Å². The molecule has 0 spiro atoms. The lowest BCUT2D eigenvalue weighted by molar-refractivity contribution is -0.128. The van der Waals surface area contributed by atoms with E-state index >= 15 is 0 Å².